The number of aromatic nitrogens is 2. The van der Waals surface area contributed by atoms with Gasteiger partial charge in [0.1, 0.15) is 5.76 Å². The van der Waals surface area contributed by atoms with Crippen LogP contribution in [-0.4, -0.2) is 57.4 Å². The molecule has 1 aliphatic carbocycles. The van der Waals surface area contributed by atoms with E-state index in [1.54, 1.807) is 12.3 Å². The molecule has 0 saturated heterocycles. The molecule has 2 aromatic rings. The van der Waals surface area contributed by atoms with E-state index < -0.39 is 12.1 Å². The fourth-order valence-corrected chi connectivity index (χ4v) is 3.46. The minimum atomic E-state index is -5.08. The minimum Gasteiger partial charge on any atom is -0.475 e. The molecule has 1 fully saturated rings. The van der Waals surface area contributed by atoms with Crippen molar-refractivity contribution < 1.29 is 37.0 Å². The summed E-state index contributed by atoms with van der Waals surface area (Å²) >= 11 is 0. The zero-order valence-corrected chi connectivity index (χ0v) is 17.2. The lowest BCUT2D eigenvalue weighted by molar-refractivity contribution is -0.192. The number of aliphatic carboxylic acids is 1. The molecule has 0 spiro atoms. The number of nitrogens with zero attached hydrogens (tertiary/aromatic N) is 3. The quantitative estimate of drug-likeness (QED) is 0.763. The molecule has 8 nitrogen and oxygen atoms in total. The smallest absolute Gasteiger partial charge is 0.475 e. The number of carboxylic acid groups (broad SMARTS) is 1. The van der Waals surface area contributed by atoms with E-state index in [2.05, 4.69) is 9.55 Å². The maximum atomic E-state index is 12.8. The predicted octanol–water partition coefficient (Wildman–Crippen LogP) is 3.12. The van der Waals surface area contributed by atoms with Crippen LogP contribution in [0.4, 0.5) is 13.2 Å². The molecular formula is C20H24F3N3O5. The van der Waals surface area contributed by atoms with Crippen molar-refractivity contribution in [3.8, 4) is 0 Å². The molecule has 3 heterocycles. The van der Waals surface area contributed by atoms with Gasteiger partial charge < -0.3 is 23.7 Å². The van der Waals surface area contributed by atoms with E-state index in [4.69, 9.17) is 19.1 Å². The number of alkyl halides is 3. The van der Waals surface area contributed by atoms with Gasteiger partial charge in [-0.3, -0.25) is 4.79 Å². The second-order valence-corrected chi connectivity index (χ2v) is 7.74. The number of rotatable bonds is 5. The number of hydrogen-bond donors (Lipinski definition) is 1. The maximum Gasteiger partial charge on any atom is 0.490 e. The summed E-state index contributed by atoms with van der Waals surface area (Å²) in [4.78, 5) is 28.1. The number of ether oxygens (including phenoxy) is 1. The fraction of sp³-hybridized carbons (Fsp3) is 0.550. The standard InChI is InChI=1S/C18H23N3O3.C2HF3O2/c1-12-15(5-6-24-12)18(22)21-7-14(10-23-9-13-3-4-13)17-16(8-21)19-11-20(17)2;3-2(4,5)1(6)7/h5-6,11,13-14H,3-4,7-10H2,1-2H3;(H,6,7). The van der Waals surface area contributed by atoms with Gasteiger partial charge in [-0.1, -0.05) is 0 Å². The van der Waals surface area contributed by atoms with E-state index in [9.17, 15) is 18.0 Å². The average molecular weight is 443 g/mol. The van der Waals surface area contributed by atoms with Crippen LogP contribution >= 0.6 is 0 Å². The molecule has 0 radical (unpaired) electrons. The van der Waals surface area contributed by atoms with Crippen molar-refractivity contribution in [3.05, 3.63) is 41.4 Å². The van der Waals surface area contributed by atoms with Crippen molar-refractivity contribution in [3.63, 3.8) is 0 Å². The van der Waals surface area contributed by atoms with Crippen molar-refractivity contribution in [2.24, 2.45) is 13.0 Å². The third kappa shape index (κ3) is 5.66. The maximum absolute atomic E-state index is 12.8. The largest absolute Gasteiger partial charge is 0.490 e. The number of fused-ring (bicyclic) bond motifs is 1. The number of carboxylic acids is 1. The predicted molar refractivity (Wildman–Crippen MR) is 101 cm³/mol. The number of furan rings is 1. The summed E-state index contributed by atoms with van der Waals surface area (Å²) in [6.07, 6.45) is 0.878. The molecule has 2 aliphatic rings. The topological polar surface area (TPSA) is 97.8 Å². The number of imidazole rings is 1. The van der Waals surface area contributed by atoms with Crippen LogP contribution in [0.25, 0.3) is 0 Å². The molecule has 1 unspecified atom stereocenters. The number of halogens is 3. The lowest BCUT2D eigenvalue weighted by atomic mass is 9.98. The number of hydrogen-bond acceptors (Lipinski definition) is 5. The van der Waals surface area contributed by atoms with E-state index in [0.717, 1.165) is 18.2 Å². The highest BCUT2D eigenvalue weighted by Crippen LogP contribution is 2.32. The molecular weight excluding hydrogens is 419 g/mol. The van der Waals surface area contributed by atoms with Crippen LogP contribution in [0.1, 0.15) is 46.3 Å². The van der Waals surface area contributed by atoms with Gasteiger partial charge in [0.2, 0.25) is 0 Å². The molecule has 1 saturated carbocycles. The van der Waals surface area contributed by atoms with Crippen molar-refractivity contribution in [1.82, 2.24) is 14.5 Å². The van der Waals surface area contributed by atoms with Gasteiger partial charge in [0.25, 0.3) is 5.91 Å². The summed E-state index contributed by atoms with van der Waals surface area (Å²) < 4.78 is 45.0. The van der Waals surface area contributed by atoms with Crippen molar-refractivity contribution in [2.45, 2.75) is 38.4 Å². The molecule has 31 heavy (non-hydrogen) atoms. The number of carbonyl (C=O) groups excluding carboxylic acids is 1. The lowest BCUT2D eigenvalue weighted by Gasteiger charge is -2.32. The normalized spacial score (nSPS) is 18.2. The van der Waals surface area contributed by atoms with Crippen molar-refractivity contribution >= 4 is 11.9 Å². The molecule has 2 aromatic heterocycles. The van der Waals surface area contributed by atoms with E-state index >= 15 is 0 Å². The summed E-state index contributed by atoms with van der Waals surface area (Å²) in [5.41, 5.74) is 2.80. The Labute approximate surface area is 176 Å². The molecule has 1 aliphatic heterocycles. The summed E-state index contributed by atoms with van der Waals surface area (Å²) in [6.45, 7) is 4.48. The van der Waals surface area contributed by atoms with Crippen molar-refractivity contribution in [2.75, 3.05) is 19.8 Å². The van der Waals surface area contributed by atoms with Gasteiger partial charge in [-0.05, 0) is 31.7 Å². The van der Waals surface area contributed by atoms with E-state index in [1.165, 1.54) is 18.5 Å². The highest BCUT2D eigenvalue weighted by Gasteiger charge is 2.38. The Morgan fingerprint density at radius 1 is 1.32 bits per heavy atom. The van der Waals surface area contributed by atoms with E-state index in [0.29, 0.717) is 31.0 Å². The monoisotopic (exact) mass is 443 g/mol. The van der Waals surface area contributed by atoms with Gasteiger partial charge in [-0.2, -0.15) is 13.2 Å². The average Bonchev–Trinajstić information content (AvgIpc) is 3.30. The van der Waals surface area contributed by atoms with Crippen LogP contribution in [0.15, 0.2) is 23.1 Å². The highest BCUT2D eigenvalue weighted by molar-refractivity contribution is 5.95. The summed E-state index contributed by atoms with van der Waals surface area (Å²) in [5.74, 6) is -1.19. The Balaban J connectivity index is 0.000000339. The second-order valence-electron chi connectivity index (χ2n) is 7.74. The van der Waals surface area contributed by atoms with Gasteiger partial charge >= 0.3 is 12.1 Å². The SMILES string of the molecule is Cc1occc1C(=O)N1Cc2ncn(C)c2C(COCC2CC2)C1.O=C(O)C(F)(F)F. The van der Waals surface area contributed by atoms with Gasteiger partial charge in [-0.15, -0.1) is 0 Å². The Morgan fingerprint density at radius 3 is 2.55 bits per heavy atom. The van der Waals surface area contributed by atoms with E-state index in [1.807, 2.05) is 25.2 Å². The first kappa shape index (κ1) is 22.9. The van der Waals surface area contributed by atoms with E-state index in [-0.39, 0.29) is 11.8 Å². The molecule has 1 atom stereocenters. The molecule has 4 rings (SSSR count). The van der Waals surface area contributed by atoms with Gasteiger partial charge in [0, 0.05) is 31.8 Å². The Kier molecular flexibility index (Phi) is 6.73. The number of aryl methyl sites for hydroxylation is 2. The molecule has 1 amide bonds. The fourth-order valence-electron chi connectivity index (χ4n) is 3.46. The van der Waals surface area contributed by atoms with Crippen LogP contribution in [0.5, 0.6) is 0 Å². The molecule has 170 valence electrons. The lowest BCUT2D eigenvalue weighted by Crippen LogP contribution is -2.40. The number of amides is 1. The first-order valence-electron chi connectivity index (χ1n) is 9.79. The Morgan fingerprint density at radius 2 is 2.00 bits per heavy atom. The Hall–Kier alpha value is -2.82. The zero-order chi connectivity index (χ0) is 22.8. The minimum absolute atomic E-state index is 0.00439. The molecule has 0 aromatic carbocycles. The first-order chi connectivity index (χ1) is 14.6. The number of carbonyl (C=O) groups is 2. The van der Waals surface area contributed by atoms with Crippen LogP contribution in [0, 0.1) is 12.8 Å². The third-order valence-electron chi connectivity index (χ3n) is 5.22. The molecule has 1 N–H and O–H groups in total. The first-order valence-corrected chi connectivity index (χ1v) is 9.79. The summed E-state index contributed by atoms with van der Waals surface area (Å²) in [6, 6.07) is 1.74. The van der Waals surface area contributed by atoms with Crippen LogP contribution in [-0.2, 0) is 23.1 Å². The van der Waals surface area contributed by atoms with Crippen LogP contribution in [0.2, 0.25) is 0 Å². The van der Waals surface area contributed by atoms with Crippen LogP contribution < -0.4 is 0 Å². The van der Waals surface area contributed by atoms with Crippen LogP contribution in [0.3, 0.4) is 0 Å². The Bertz CT molecular complexity index is 933. The third-order valence-corrected chi connectivity index (χ3v) is 5.22. The second kappa shape index (κ2) is 9.13. The molecule has 11 heteroatoms. The summed E-state index contributed by atoms with van der Waals surface area (Å²) in [5, 5.41) is 7.12. The highest BCUT2D eigenvalue weighted by atomic mass is 19.4. The van der Waals surface area contributed by atoms with Gasteiger partial charge in [0.05, 0.1) is 37.0 Å². The van der Waals surface area contributed by atoms with Gasteiger partial charge in [-0.25, -0.2) is 9.78 Å². The summed E-state index contributed by atoms with van der Waals surface area (Å²) in [7, 11) is 2.01. The zero-order valence-electron chi connectivity index (χ0n) is 17.2. The van der Waals surface area contributed by atoms with Crippen molar-refractivity contribution in [1.29, 1.82) is 0 Å². The van der Waals surface area contributed by atoms with Gasteiger partial charge in [0.15, 0.2) is 0 Å². The molecule has 0 bridgehead atoms.